The Kier molecular flexibility index (Phi) is 4.83. The van der Waals surface area contributed by atoms with Gasteiger partial charge in [-0.05, 0) is 18.6 Å². The van der Waals surface area contributed by atoms with Crippen molar-refractivity contribution in [2.75, 3.05) is 38.3 Å². The number of para-hydroxylation sites is 1. The van der Waals surface area contributed by atoms with Crippen LogP contribution < -0.4 is 10.2 Å². The highest BCUT2D eigenvalue weighted by Gasteiger charge is 2.36. The van der Waals surface area contributed by atoms with Gasteiger partial charge in [-0.2, -0.15) is 0 Å². The zero-order valence-corrected chi connectivity index (χ0v) is 12.4. The van der Waals surface area contributed by atoms with E-state index in [1.165, 1.54) is 5.69 Å². The fourth-order valence-electron chi connectivity index (χ4n) is 2.67. The van der Waals surface area contributed by atoms with Gasteiger partial charge in [0.15, 0.2) is 0 Å². The molecule has 1 unspecified atom stereocenters. The lowest BCUT2D eigenvalue weighted by Crippen LogP contribution is -2.45. The monoisotopic (exact) mass is 262 g/mol. The highest BCUT2D eigenvalue weighted by molar-refractivity contribution is 5.45. The van der Waals surface area contributed by atoms with Crippen LogP contribution in [0.1, 0.15) is 20.3 Å². The molecule has 1 aromatic rings. The van der Waals surface area contributed by atoms with Crippen molar-refractivity contribution in [2.24, 2.45) is 5.41 Å². The summed E-state index contributed by atoms with van der Waals surface area (Å²) in [7, 11) is 2.17. The number of ether oxygens (including phenoxy) is 1. The Morgan fingerprint density at radius 3 is 2.63 bits per heavy atom. The Labute approximate surface area is 116 Å². The summed E-state index contributed by atoms with van der Waals surface area (Å²) in [6, 6.07) is 11.1. The number of nitrogens with one attached hydrogen (secondary N) is 1. The normalized spacial score (nSPS) is 22.9. The standard InChI is InChI=1S/C16H26N2O/c1-14(2)17-11-16(9-10-19-13-16)12-18(3)15-7-5-4-6-8-15/h4-8,14,17H,9-13H2,1-3H3. The van der Waals surface area contributed by atoms with Gasteiger partial charge in [0.25, 0.3) is 0 Å². The van der Waals surface area contributed by atoms with Crippen LogP contribution in [0, 0.1) is 5.41 Å². The highest BCUT2D eigenvalue weighted by atomic mass is 16.5. The van der Waals surface area contributed by atoms with Gasteiger partial charge in [0.2, 0.25) is 0 Å². The van der Waals surface area contributed by atoms with E-state index in [0.29, 0.717) is 6.04 Å². The predicted molar refractivity (Wildman–Crippen MR) is 80.7 cm³/mol. The Hall–Kier alpha value is -1.06. The van der Waals surface area contributed by atoms with Gasteiger partial charge < -0.3 is 15.0 Å². The lowest BCUT2D eigenvalue weighted by atomic mass is 9.86. The van der Waals surface area contributed by atoms with E-state index in [9.17, 15) is 0 Å². The molecule has 1 aliphatic heterocycles. The SMILES string of the molecule is CC(C)NCC1(CN(C)c2ccccc2)CCOC1. The molecule has 3 heteroatoms. The number of nitrogens with zero attached hydrogens (tertiary/aromatic N) is 1. The molecule has 1 aliphatic rings. The molecule has 0 aliphatic carbocycles. The van der Waals surface area contributed by atoms with E-state index in [1.807, 2.05) is 0 Å². The number of benzene rings is 1. The third kappa shape index (κ3) is 3.95. The summed E-state index contributed by atoms with van der Waals surface area (Å²) in [6.45, 7) is 8.22. The molecule has 0 bridgehead atoms. The van der Waals surface area contributed by atoms with Crippen molar-refractivity contribution in [3.63, 3.8) is 0 Å². The van der Waals surface area contributed by atoms with E-state index >= 15 is 0 Å². The van der Waals surface area contributed by atoms with Gasteiger partial charge in [-0.25, -0.2) is 0 Å². The molecule has 106 valence electrons. The van der Waals surface area contributed by atoms with E-state index in [0.717, 1.165) is 32.7 Å². The minimum Gasteiger partial charge on any atom is -0.381 e. The first kappa shape index (κ1) is 14.4. The van der Waals surface area contributed by atoms with Crippen molar-refractivity contribution in [3.05, 3.63) is 30.3 Å². The molecule has 1 atom stereocenters. The average Bonchev–Trinajstić information content (AvgIpc) is 2.86. The van der Waals surface area contributed by atoms with Crippen LogP contribution in [-0.4, -0.2) is 39.4 Å². The van der Waals surface area contributed by atoms with Gasteiger partial charge in [-0.3, -0.25) is 0 Å². The molecule has 0 spiro atoms. The van der Waals surface area contributed by atoms with Crippen LogP contribution in [0.5, 0.6) is 0 Å². The largest absolute Gasteiger partial charge is 0.381 e. The van der Waals surface area contributed by atoms with Crippen LogP contribution in [0.25, 0.3) is 0 Å². The van der Waals surface area contributed by atoms with Gasteiger partial charge in [-0.15, -0.1) is 0 Å². The predicted octanol–water partition coefficient (Wildman–Crippen LogP) is 2.53. The second kappa shape index (κ2) is 6.40. The maximum Gasteiger partial charge on any atom is 0.0552 e. The van der Waals surface area contributed by atoms with E-state index in [-0.39, 0.29) is 5.41 Å². The van der Waals surface area contributed by atoms with Gasteiger partial charge in [0, 0.05) is 43.9 Å². The fraction of sp³-hybridized carbons (Fsp3) is 0.625. The molecule has 1 aromatic carbocycles. The van der Waals surface area contributed by atoms with Crippen molar-refractivity contribution < 1.29 is 4.74 Å². The molecule has 1 saturated heterocycles. The van der Waals surface area contributed by atoms with Crippen LogP contribution in [-0.2, 0) is 4.74 Å². The Morgan fingerprint density at radius 2 is 2.05 bits per heavy atom. The molecular weight excluding hydrogens is 236 g/mol. The molecule has 1 N–H and O–H groups in total. The summed E-state index contributed by atoms with van der Waals surface area (Å²) in [6.07, 6.45) is 1.14. The molecule has 19 heavy (non-hydrogen) atoms. The molecule has 0 saturated carbocycles. The lowest BCUT2D eigenvalue weighted by Gasteiger charge is -2.34. The smallest absolute Gasteiger partial charge is 0.0552 e. The van der Waals surface area contributed by atoms with E-state index in [1.54, 1.807) is 0 Å². The Balaban J connectivity index is 2.00. The first-order valence-corrected chi connectivity index (χ1v) is 7.19. The second-order valence-electron chi connectivity index (χ2n) is 6.03. The number of anilines is 1. The maximum atomic E-state index is 5.66. The molecule has 0 amide bonds. The van der Waals surface area contributed by atoms with Crippen molar-refractivity contribution in [1.29, 1.82) is 0 Å². The Morgan fingerprint density at radius 1 is 1.32 bits per heavy atom. The van der Waals surface area contributed by atoms with Gasteiger partial charge in [-0.1, -0.05) is 32.0 Å². The molecule has 1 fully saturated rings. The van der Waals surface area contributed by atoms with Gasteiger partial charge >= 0.3 is 0 Å². The highest BCUT2D eigenvalue weighted by Crippen LogP contribution is 2.30. The van der Waals surface area contributed by atoms with Crippen molar-refractivity contribution >= 4 is 5.69 Å². The average molecular weight is 262 g/mol. The minimum absolute atomic E-state index is 0.245. The van der Waals surface area contributed by atoms with Crippen LogP contribution in [0.2, 0.25) is 0 Å². The zero-order valence-electron chi connectivity index (χ0n) is 12.4. The van der Waals surface area contributed by atoms with Gasteiger partial charge in [0.1, 0.15) is 0 Å². The van der Waals surface area contributed by atoms with E-state index in [2.05, 4.69) is 61.4 Å². The lowest BCUT2D eigenvalue weighted by molar-refractivity contribution is 0.151. The zero-order chi connectivity index (χ0) is 13.7. The van der Waals surface area contributed by atoms with E-state index in [4.69, 9.17) is 4.74 Å². The van der Waals surface area contributed by atoms with Crippen molar-refractivity contribution in [1.82, 2.24) is 5.32 Å². The summed E-state index contributed by atoms with van der Waals surface area (Å²) in [4.78, 5) is 2.34. The molecule has 0 aromatic heterocycles. The quantitative estimate of drug-likeness (QED) is 0.852. The van der Waals surface area contributed by atoms with Crippen LogP contribution in [0.3, 0.4) is 0 Å². The van der Waals surface area contributed by atoms with Crippen molar-refractivity contribution in [2.45, 2.75) is 26.3 Å². The van der Waals surface area contributed by atoms with E-state index < -0.39 is 0 Å². The van der Waals surface area contributed by atoms with Crippen LogP contribution in [0.4, 0.5) is 5.69 Å². The number of hydrogen-bond acceptors (Lipinski definition) is 3. The molecule has 1 heterocycles. The third-order valence-electron chi connectivity index (χ3n) is 3.84. The van der Waals surface area contributed by atoms with Crippen molar-refractivity contribution in [3.8, 4) is 0 Å². The molecule has 3 nitrogen and oxygen atoms in total. The molecule has 0 radical (unpaired) electrons. The fourth-order valence-corrected chi connectivity index (χ4v) is 2.67. The Bertz CT molecular complexity index is 372. The molecular formula is C16H26N2O. The van der Waals surface area contributed by atoms with Crippen LogP contribution in [0.15, 0.2) is 30.3 Å². The first-order chi connectivity index (χ1) is 9.11. The molecule has 2 rings (SSSR count). The third-order valence-corrected chi connectivity index (χ3v) is 3.84. The summed E-state index contributed by atoms with van der Waals surface area (Å²) >= 11 is 0. The summed E-state index contributed by atoms with van der Waals surface area (Å²) in [5.74, 6) is 0. The number of hydrogen-bond donors (Lipinski definition) is 1. The summed E-state index contributed by atoms with van der Waals surface area (Å²) < 4.78 is 5.66. The summed E-state index contributed by atoms with van der Waals surface area (Å²) in [5.41, 5.74) is 1.52. The maximum absolute atomic E-state index is 5.66. The number of rotatable bonds is 6. The minimum atomic E-state index is 0.245. The van der Waals surface area contributed by atoms with Crippen LogP contribution >= 0.6 is 0 Å². The summed E-state index contributed by atoms with van der Waals surface area (Å²) in [5, 5.41) is 3.58. The van der Waals surface area contributed by atoms with Gasteiger partial charge in [0.05, 0.1) is 6.61 Å². The second-order valence-corrected chi connectivity index (χ2v) is 6.03. The topological polar surface area (TPSA) is 24.5 Å². The first-order valence-electron chi connectivity index (χ1n) is 7.19.